The summed E-state index contributed by atoms with van der Waals surface area (Å²) in [5.74, 6) is 0.227. The average molecular weight is 434 g/mol. The fraction of sp³-hybridized carbons (Fsp3) is 0.385. The maximum atomic E-state index is 13.7. The van der Waals surface area contributed by atoms with Crippen LogP contribution in [0.1, 0.15) is 38.7 Å². The van der Waals surface area contributed by atoms with Gasteiger partial charge in [0, 0.05) is 32.9 Å². The molecule has 0 N–H and O–H groups in total. The van der Waals surface area contributed by atoms with Gasteiger partial charge >= 0.3 is 0 Å². The maximum absolute atomic E-state index is 13.7. The van der Waals surface area contributed by atoms with E-state index in [1.165, 1.54) is 4.90 Å². The quantitative estimate of drug-likeness (QED) is 0.636. The number of imide groups is 1. The highest BCUT2D eigenvalue weighted by molar-refractivity contribution is 6.45. The van der Waals surface area contributed by atoms with E-state index < -0.39 is 0 Å². The molecule has 168 valence electrons. The van der Waals surface area contributed by atoms with E-state index in [9.17, 15) is 9.59 Å². The summed E-state index contributed by atoms with van der Waals surface area (Å²) in [6.07, 6.45) is 3.26. The second kappa shape index (κ2) is 9.07. The Morgan fingerprint density at radius 2 is 1.59 bits per heavy atom. The second-order valence-electron chi connectivity index (χ2n) is 8.82. The number of rotatable bonds is 6. The summed E-state index contributed by atoms with van der Waals surface area (Å²) in [5.41, 5.74) is 3.26. The summed E-state index contributed by atoms with van der Waals surface area (Å²) in [6, 6.07) is 15.0. The lowest BCUT2D eigenvalue weighted by Gasteiger charge is -2.29. The topological polar surface area (TPSA) is 53.1 Å². The normalized spacial score (nSPS) is 16.9. The molecular formula is C26H31N3O3. The molecule has 1 fully saturated rings. The molecule has 0 radical (unpaired) electrons. The summed E-state index contributed by atoms with van der Waals surface area (Å²) in [5, 5.41) is 0. The van der Waals surface area contributed by atoms with Crippen molar-refractivity contribution in [1.29, 1.82) is 0 Å². The van der Waals surface area contributed by atoms with Gasteiger partial charge in [-0.15, -0.1) is 0 Å². The number of piperidine rings is 1. The lowest BCUT2D eigenvalue weighted by atomic mass is 10.0. The van der Waals surface area contributed by atoms with Crippen LogP contribution in [0.25, 0.3) is 5.57 Å². The third-order valence-corrected chi connectivity index (χ3v) is 5.85. The van der Waals surface area contributed by atoms with Gasteiger partial charge < -0.3 is 14.5 Å². The van der Waals surface area contributed by atoms with Gasteiger partial charge in [-0.1, -0.05) is 18.2 Å². The zero-order chi connectivity index (χ0) is 22.8. The number of benzene rings is 2. The van der Waals surface area contributed by atoms with Crippen molar-refractivity contribution in [3.8, 4) is 5.75 Å². The molecule has 32 heavy (non-hydrogen) atoms. The Bertz CT molecular complexity index is 1030. The average Bonchev–Trinajstić information content (AvgIpc) is 3.04. The summed E-state index contributed by atoms with van der Waals surface area (Å²) in [7, 11) is 3.88. The molecule has 2 aliphatic heterocycles. The van der Waals surface area contributed by atoms with Gasteiger partial charge in [0.25, 0.3) is 11.8 Å². The monoisotopic (exact) mass is 433 g/mol. The minimum atomic E-state index is -0.274. The van der Waals surface area contributed by atoms with Crippen LogP contribution < -0.4 is 14.5 Å². The summed E-state index contributed by atoms with van der Waals surface area (Å²) < 4.78 is 5.76. The zero-order valence-corrected chi connectivity index (χ0v) is 19.3. The molecule has 0 bridgehead atoms. The predicted molar refractivity (Wildman–Crippen MR) is 128 cm³/mol. The minimum Gasteiger partial charge on any atom is -0.491 e. The van der Waals surface area contributed by atoms with Crippen molar-refractivity contribution in [2.75, 3.05) is 37.0 Å². The molecule has 0 atom stereocenters. The van der Waals surface area contributed by atoms with Crippen molar-refractivity contribution in [3.63, 3.8) is 0 Å². The Kier molecular flexibility index (Phi) is 6.21. The SMILES string of the molecule is CC(C)Oc1ccc(C2=C(N3CCCCC3)C(=O)N(c3cccc(N(C)C)c3)C2=O)cc1. The van der Waals surface area contributed by atoms with Crippen LogP contribution in [0.5, 0.6) is 5.75 Å². The third-order valence-electron chi connectivity index (χ3n) is 5.85. The molecular weight excluding hydrogens is 402 g/mol. The highest BCUT2D eigenvalue weighted by Crippen LogP contribution is 2.37. The van der Waals surface area contributed by atoms with Gasteiger partial charge in [0.05, 0.1) is 17.4 Å². The molecule has 2 aromatic carbocycles. The molecule has 0 unspecified atom stereocenters. The zero-order valence-electron chi connectivity index (χ0n) is 19.3. The van der Waals surface area contributed by atoms with Crippen LogP contribution in [-0.2, 0) is 9.59 Å². The van der Waals surface area contributed by atoms with Crippen LogP contribution >= 0.6 is 0 Å². The van der Waals surface area contributed by atoms with Crippen molar-refractivity contribution in [1.82, 2.24) is 4.90 Å². The predicted octanol–water partition coefficient (Wildman–Crippen LogP) is 4.31. The van der Waals surface area contributed by atoms with E-state index in [0.29, 0.717) is 17.0 Å². The van der Waals surface area contributed by atoms with Crippen molar-refractivity contribution < 1.29 is 14.3 Å². The van der Waals surface area contributed by atoms with Gasteiger partial charge in [-0.25, -0.2) is 4.90 Å². The number of ether oxygens (including phenoxy) is 1. The summed E-state index contributed by atoms with van der Waals surface area (Å²) >= 11 is 0. The molecule has 0 spiro atoms. The van der Waals surface area contributed by atoms with Gasteiger partial charge in [-0.3, -0.25) is 9.59 Å². The van der Waals surface area contributed by atoms with E-state index in [2.05, 4.69) is 4.90 Å². The molecule has 2 heterocycles. The number of hydrogen-bond acceptors (Lipinski definition) is 5. The number of hydrogen-bond donors (Lipinski definition) is 0. The van der Waals surface area contributed by atoms with Crippen molar-refractivity contribution in [2.24, 2.45) is 0 Å². The van der Waals surface area contributed by atoms with Gasteiger partial charge in [-0.05, 0) is 69.0 Å². The molecule has 0 aromatic heterocycles. The van der Waals surface area contributed by atoms with Gasteiger partial charge in [-0.2, -0.15) is 0 Å². The third kappa shape index (κ3) is 4.22. The maximum Gasteiger partial charge on any atom is 0.282 e. The highest BCUT2D eigenvalue weighted by atomic mass is 16.5. The second-order valence-corrected chi connectivity index (χ2v) is 8.82. The van der Waals surface area contributed by atoms with E-state index in [-0.39, 0.29) is 17.9 Å². The van der Waals surface area contributed by atoms with E-state index in [0.717, 1.165) is 49.4 Å². The van der Waals surface area contributed by atoms with Crippen molar-refractivity contribution >= 4 is 28.8 Å². The van der Waals surface area contributed by atoms with Crippen LogP contribution in [0.15, 0.2) is 54.2 Å². The minimum absolute atomic E-state index is 0.0677. The van der Waals surface area contributed by atoms with Crippen molar-refractivity contribution in [3.05, 3.63) is 59.8 Å². The molecule has 6 nitrogen and oxygen atoms in total. The van der Waals surface area contributed by atoms with E-state index in [1.54, 1.807) is 0 Å². The standard InChI is InChI=1S/C26H31N3O3/c1-18(2)32-22-13-11-19(12-14-22)23-24(28-15-6-5-7-16-28)26(31)29(25(23)30)21-10-8-9-20(17-21)27(3)4/h8-14,17-18H,5-7,15-16H2,1-4H3. The Morgan fingerprint density at radius 1 is 0.906 bits per heavy atom. The first-order valence-corrected chi connectivity index (χ1v) is 11.3. The van der Waals surface area contributed by atoms with Crippen LogP contribution in [0.3, 0.4) is 0 Å². The highest BCUT2D eigenvalue weighted by Gasteiger charge is 2.42. The number of amides is 2. The first-order chi connectivity index (χ1) is 15.4. The Balaban J connectivity index is 1.76. The number of anilines is 2. The van der Waals surface area contributed by atoms with Crippen molar-refractivity contribution in [2.45, 2.75) is 39.2 Å². The lowest BCUT2D eigenvalue weighted by Crippen LogP contribution is -2.37. The molecule has 6 heteroatoms. The summed E-state index contributed by atoms with van der Waals surface area (Å²) in [6.45, 7) is 5.53. The van der Waals surface area contributed by atoms with E-state index >= 15 is 0 Å². The Labute approximate surface area is 190 Å². The first-order valence-electron chi connectivity index (χ1n) is 11.3. The number of nitrogens with zero attached hydrogens (tertiary/aromatic N) is 3. The largest absolute Gasteiger partial charge is 0.491 e. The molecule has 0 saturated carbocycles. The molecule has 0 aliphatic carbocycles. The molecule has 1 saturated heterocycles. The van der Waals surface area contributed by atoms with Crippen LogP contribution in [0.2, 0.25) is 0 Å². The molecule has 2 amide bonds. The number of carbonyl (C=O) groups excluding carboxylic acids is 2. The van der Waals surface area contributed by atoms with Gasteiger partial charge in [0.1, 0.15) is 11.4 Å². The van der Waals surface area contributed by atoms with Crippen LogP contribution in [0, 0.1) is 0 Å². The van der Waals surface area contributed by atoms with Gasteiger partial charge in [0.2, 0.25) is 0 Å². The fourth-order valence-electron chi connectivity index (χ4n) is 4.31. The molecule has 4 rings (SSSR count). The molecule has 2 aliphatic rings. The number of likely N-dealkylation sites (tertiary alicyclic amines) is 1. The molecule has 2 aromatic rings. The first kappa shape index (κ1) is 21.9. The van der Waals surface area contributed by atoms with Crippen LogP contribution in [0.4, 0.5) is 11.4 Å². The van der Waals surface area contributed by atoms with E-state index in [4.69, 9.17) is 4.74 Å². The Hall–Kier alpha value is -3.28. The van der Waals surface area contributed by atoms with E-state index in [1.807, 2.05) is 81.4 Å². The van der Waals surface area contributed by atoms with Crippen LogP contribution in [-0.4, -0.2) is 50.0 Å². The smallest absolute Gasteiger partial charge is 0.282 e. The fourth-order valence-corrected chi connectivity index (χ4v) is 4.31. The number of carbonyl (C=O) groups is 2. The Morgan fingerprint density at radius 3 is 2.22 bits per heavy atom. The lowest BCUT2D eigenvalue weighted by molar-refractivity contribution is -0.120. The summed E-state index contributed by atoms with van der Waals surface area (Å²) in [4.78, 5) is 32.7. The van der Waals surface area contributed by atoms with Gasteiger partial charge in [0.15, 0.2) is 0 Å².